The number of pyridine rings is 2. The van der Waals surface area contributed by atoms with Gasteiger partial charge in [0.1, 0.15) is 23.9 Å². The Morgan fingerprint density at radius 3 is 2.24 bits per heavy atom. The zero-order valence-corrected chi connectivity index (χ0v) is 30.4. The first-order chi connectivity index (χ1) is 24.4. The number of carbonyl (C=O) groups excluding carboxylic acids is 1. The van der Waals surface area contributed by atoms with Crippen LogP contribution >= 0.6 is 24.0 Å². The van der Waals surface area contributed by atoms with Gasteiger partial charge in [-0.1, -0.05) is 41.9 Å². The van der Waals surface area contributed by atoms with Crippen LogP contribution in [0.5, 0.6) is 23.1 Å². The second kappa shape index (κ2) is 18.4. The van der Waals surface area contributed by atoms with Crippen molar-refractivity contribution in [2.45, 2.75) is 33.4 Å². The van der Waals surface area contributed by atoms with Gasteiger partial charge in [0.25, 0.3) is 0 Å². The van der Waals surface area contributed by atoms with Crippen molar-refractivity contribution in [1.82, 2.24) is 19.8 Å². The maximum absolute atomic E-state index is 13.1. The lowest BCUT2D eigenvalue weighted by Crippen LogP contribution is -2.47. The van der Waals surface area contributed by atoms with E-state index in [4.69, 9.17) is 25.8 Å². The van der Waals surface area contributed by atoms with Crippen LogP contribution in [0.25, 0.3) is 6.08 Å². The summed E-state index contributed by atoms with van der Waals surface area (Å²) in [5, 5.41) is 0.675. The number of aromatic nitrogens is 2. The predicted molar refractivity (Wildman–Crippen MR) is 204 cm³/mol. The average molecular weight is 726 g/mol. The quantitative estimate of drug-likeness (QED) is 0.113. The van der Waals surface area contributed by atoms with Gasteiger partial charge in [0.15, 0.2) is 0 Å². The van der Waals surface area contributed by atoms with Crippen LogP contribution < -0.4 is 14.2 Å². The van der Waals surface area contributed by atoms with Crippen molar-refractivity contribution < 1.29 is 19.0 Å². The molecule has 6 rings (SSSR count). The zero-order chi connectivity index (χ0) is 34.7. The molecule has 264 valence electrons. The molecule has 5 aromatic rings. The molecule has 0 N–H and O–H groups in total. The van der Waals surface area contributed by atoms with E-state index in [1.54, 1.807) is 30.7 Å². The largest absolute Gasteiger partial charge is 0.493 e. The van der Waals surface area contributed by atoms with E-state index in [0.29, 0.717) is 43.0 Å². The number of hydrogen-bond donors (Lipinski definition) is 0. The van der Waals surface area contributed by atoms with Crippen molar-refractivity contribution in [1.29, 1.82) is 0 Å². The van der Waals surface area contributed by atoms with E-state index in [2.05, 4.69) is 39.1 Å². The van der Waals surface area contributed by atoms with Crippen LogP contribution in [0.3, 0.4) is 0 Å². The van der Waals surface area contributed by atoms with Gasteiger partial charge in [-0.15, -0.1) is 12.4 Å². The number of carbonyl (C=O) groups is 1. The van der Waals surface area contributed by atoms with Crippen molar-refractivity contribution in [3.8, 4) is 23.1 Å². The number of benzene rings is 3. The van der Waals surface area contributed by atoms with E-state index in [1.807, 2.05) is 79.4 Å². The number of ether oxygens (including phenoxy) is 3. The highest BCUT2D eigenvalue weighted by Crippen LogP contribution is 2.30. The smallest absolute Gasteiger partial charge is 0.246 e. The average Bonchev–Trinajstić information content (AvgIpc) is 3.13. The molecule has 0 spiro atoms. The Morgan fingerprint density at radius 1 is 0.824 bits per heavy atom. The molecular formula is C41H42Cl2N4O4. The zero-order valence-electron chi connectivity index (χ0n) is 28.8. The fourth-order valence-corrected chi connectivity index (χ4v) is 6.00. The van der Waals surface area contributed by atoms with Crippen molar-refractivity contribution in [2.75, 3.05) is 32.8 Å². The molecule has 3 aromatic carbocycles. The fourth-order valence-electron chi connectivity index (χ4n) is 5.82. The van der Waals surface area contributed by atoms with E-state index in [9.17, 15) is 4.79 Å². The van der Waals surface area contributed by atoms with E-state index >= 15 is 0 Å². The second-order valence-corrected chi connectivity index (χ2v) is 12.8. The number of hydrogen-bond acceptors (Lipinski definition) is 7. The molecule has 2 aromatic heterocycles. The predicted octanol–water partition coefficient (Wildman–Crippen LogP) is 8.52. The summed E-state index contributed by atoms with van der Waals surface area (Å²) in [7, 11) is 0. The lowest BCUT2D eigenvalue weighted by atomic mass is 10.1. The highest BCUT2D eigenvalue weighted by atomic mass is 35.5. The molecule has 0 unspecified atom stereocenters. The first kappa shape index (κ1) is 37.4. The summed E-state index contributed by atoms with van der Waals surface area (Å²) in [4.78, 5) is 25.8. The Bertz CT molecular complexity index is 1870. The number of halogens is 2. The molecular weight excluding hydrogens is 683 g/mol. The van der Waals surface area contributed by atoms with Gasteiger partial charge in [0.05, 0.1) is 12.8 Å². The molecule has 3 heterocycles. The standard InChI is InChI=1S/C41H41ClN4O4.ClH/c1-30-24-35(25-31(2)41(30)50-39-12-11-38(27-44-39)49-29-34-14-17-43-18-15-34)10-13-40(47)46-21-19-45(20-22-46)28-33-8-6-32(7-9-33)16-23-48-37-5-3-4-36(42)26-37;/h3-15,17-18,24-27H,16,19-23,28-29H2,1-2H3;1H/b13-10+;. The molecule has 1 fully saturated rings. The highest BCUT2D eigenvalue weighted by Gasteiger charge is 2.20. The lowest BCUT2D eigenvalue weighted by molar-refractivity contribution is -0.127. The lowest BCUT2D eigenvalue weighted by Gasteiger charge is -2.34. The maximum Gasteiger partial charge on any atom is 0.246 e. The van der Waals surface area contributed by atoms with Gasteiger partial charge in [-0.2, -0.15) is 0 Å². The number of rotatable bonds is 13. The van der Waals surface area contributed by atoms with Crippen molar-refractivity contribution in [3.05, 3.63) is 148 Å². The molecule has 0 bridgehead atoms. The van der Waals surface area contributed by atoms with Crippen LogP contribution in [0.1, 0.15) is 33.4 Å². The third-order valence-corrected chi connectivity index (χ3v) is 8.78. The molecule has 1 saturated heterocycles. The molecule has 1 aliphatic heterocycles. The Balaban J connectivity index is 0.00000504. The minimum Gasteiger partial charge on any atom is -0.493 e. The third-order valence-electron chi connectivity index (χ3n) is 8.54. The Morgan fingerprint density at radius 2 is 1.55 bits per heavy atom. The van der Waals surface area contributed by atoms with Crippen LogP contribution in [0.2, 0.25) is 5.02 Å². The molecule has 10 heteroatoms. The van der Waals surface area contributed by atoms with Gasteiger partial charge >= 0.3 is 0 Å². The molecule has 0 atom stereocenters. The number of piperazine rings is 1. The Kier molecular flexibility index (Phi) is 13.5. The molecule has 0 radical (unpaired) electrons. The van der Waals surface area contributed by atoms with Gasteiger partial charge in [0.2, 0.25) is 11.8 Å². The number of amides is 1. The van der Waals surface area contributed by atoms with Crippen LogP contribution in [-0.2, 0) is 24.4 Å². The van der Waals surface area contributed by atoms with E-state index in [0.717, 1.165) is 59.8 Å². The molecule has 8 nitrogen and oxygen atoms in total. The van der Waals surface area contributed by atoms with E-state index in [-0.39, 0.29) is 18.3 Å². The minimum atomic E-state index is 0. The summed E-state index contributed by atoms with van der Waals surface area (Å²) in [5.74, 6) is 2.71. The Hall–Kier alpha value is -4.89. The first-order valence-corrected chi connectivity index (χ1v) is 17.2. The van der Waals surface area contributed by atoms with Crippen LogP contribution in [0.15, 0.2) is 110 Å². The summed E-state index contributed by atoms with van der Waals surface area (Å²) >= 11 is 6.04. The normalized spacial score (nSPS) is 13.1. The minimum absolute atomic E-state index is 0. The summed E-state index contributed by atoms with van der Waals surface area (Å²) in [5.41, 5.74) is 6.41. The molecule has 51 heavy (non-hydrogen) atoms. The molecule has 0 saturated carbocycles. The number of nitrogens with zero attached hydrogens (tertiary/aromatic N) is 4. The number of aryl methyl sites for hydroxylation is 2. The van der Waals surface area contributed by atoms with Crippen molar-refractivity contribution in [2.24, 2.45) is 0 Å². The Labute approximate surface area is 311 Å². The molecule has 1 aliphatic rings. The van der Waals surface area contributed by atoms with Gasteiger partial charge in [-0.05, 0) is 102 Å². The molecule has 1 amide bonds. The summed E-state index contributed by atoms with van der Waals surface area (Å²) < 4.78 is 17.8. The highest BCUT2D eigenvalue weighted by molar-refractivity contribution is 6.30. The monoisotopic (exact) mass is 724 g/mol. The summed E-state index contributed by atoms with van der Waals surface area (Å²) in [6.45, 7) is 8.98. The SMILES string of the molecule is Cc1cc(/C=C/C(=O)N2CCN(Cc3ccc(CCOc4cccc(Cl)c4)cc3)CC2)cc(C)c1Oc1ccc(OCc2ccncc2)cn1.Cl. The van der Waals surface area contributed by atoms with E-state index < -0.39 is 0 Å². The van der Waals surface area contributed by atoms with Crippen LogP contribution in [-0.4, -0.2) is 58.5 Å². The van der Waals surface area contributed by atoms with Crippen molar-refractivity contribution >= 4 is 36.0 Å². The van der Waals surface area contributed by atoms with Gasteiger partial charge in [0, 0.05) is 68.7 Å². The van der Waals surface area contributed by atoms with Gasteiger partial charge in [-0.3, -0.25) is 14.7 Å². The first-order valence-electron chi connectivity index (χ1n) is 16.8. The van der Waals surface area contributed by atoms with Gasteiger partial charge < -0.3 is 19.1 Å². The second-order valence-electron chi connectivity index (χ2n) is 12.4. The summed E-state index contributed by atoms with van der Waals surface area (Å²) in [6.07, 6.45) is 9.52. The third kappa shape index (κ3) is 11.0. The molecule has 0 aliphatic carbocycles. The van der Waals surface area contributed by atoms with Crippen molar-refractivity contribution in [3.63, 3.8) is 0 Å². The van der Waals surface area contributed by atoms with E-state index in [1.165, 1.54) is 11.1 Å². The van der Waals surface area contributed by atoms with Gasteiger partial charge in [-0.25, -0.2) is 4.98 Å². The topological polar surface area (TPSA) is 77.0 Å². The van der Waals surface area contributed by atoms with Crippen LogP contribution in [0, 0.1) is 13.8 Å². The van der Waals surface area contributed by atoms with Crippen LogP contribution in [0.4, 0.5) is 0 Å². The fraction of sp³-hybridized carbons (Fsp3) is 0.244. The maximum atomic E-state index is 13.1. The summed E-state index contributed by atoms with van der Waals surface area (Å²) in [6, 6.07) is 27.7.